The highest BCUT2D eigenvalue weighted by Crippen LogP contribution is 2.43. The van der Waals surface area contributed by atoms with Gasteiger partial charge < -0.3 is 9.47 Å². The average molecular weight is 270 g/mol. The summed E-state index contributed by atoms with van der Waals surface area (Å²) in [4.78, 5) is 23.2. The van der Waals surface area contributed by atoms with Gasteiger partial charge in [0, 0.05) is 12.8 Å². The minimum absolute atomic E-state index is 0.118. The number of rotatable bonds is 6. The van der Waals surface area contributed by atoms with Crippen LogP contribution in [-0.2, 0) is 19.1 Å². The lowest BCUT2D eigenvalue weighted by atomic mass is 9.83. The summed E-state index contributed by atoms with van der Waals surface area (Å²) < 4.78 is 10.8. The summed E-state index contributed by atoms with van der Waals surface area (Å²) in [5, 5.41) is 0. The van der Waals surface area contributed by atoms with Gasteiger partial charge in [-0.25, -0.2) is 0 Å². The quantitative estimate of drug-likeness (QED) is 0.696. The normalized spacial score (nSPS) is 24.2. The number of hydrogen-bond acceptors (Lipinski definition) is 4. The van der Waals surface area contributed by atoms with Crippen LogP contribution in [0.3, 0.4) is 0 Å². The topological polar surface area (TPSA) is 52.6 Å². The maximum Gasteiger partial charge on any atom is 0.306 e. The first kappa shape index (κ1) is 16.2. The molecule has 0 amide bonds. The molecule has 0 aromatic rings. The Hall–Kier alpha value is -0.900. The van der Waals surface area contributed by atoms with Gasteiger partial charge in [0.2, 0.25) is 0 Å². The Labute approximate surface area is 115 Å². The zero-order chi connectivity index (χ0) is 14.7. The Kier molecular flexibility index (Phi) is 5.13. The maximum absolute atomic E-state index is 11.9. The molecule has 110 valence electrons. The third-order valence-electron chi connectivity index (χ3n) is 3.65. The molecule has 4 nitrogen and oxygen atoms in total. The van der Waals surface area contributed by atoms with Crippen molar-refractivity contribution in [3.63, 3.8) is 0 Å². The van der Waals surface area contributed by atoms with Crippen molar-refractivity contribution in [3.05, 3.63) is 0 Å². The van der Waals surface area contributed by atoms with E-state index in [1.807, 2.05) is 13.8 Å². The lowest BCUT2D eigenvalue weighted by Gasteiger charge is -2.27. The minimum atomic E-state index is -0.293. The lowest BCUT2D eigenvalue weighted by molar-refractivity contribution is -0.144. The highest BCUT2D eigenvalue weighted by Gasteiger charge is 2.46. The van der Waals surface area contributed by atoms with Gasteiger partial charge in [-0.05, 0) is 47.0 Å². The van der Waals surface area contributed by atoms with Gasteiger partial charge in [-0.15, -0.1) is 0 Å². The molecule has 1 rings (SSSR count). The predicted octanol–water partition coefficient (Wildman–Crippen LogP) is 2.88. The second-order valence-electron chi connectivity index (χ2n) is 6.41. The molecule has 0 aromatic heterocycles. The van der Waals surface area contributed by atoms with Crippen molar-refractivity contribution >= 4 is 11.8 Å². The van der Waals surface area contributed by atoms with E-state index >= 15 is 0 Å². The molecule has 0 spiro atoms. The number of hydrogen-bond donors (Lipinski definition) is 0. The van der Waals surface area contributed by atoms with Crippen LogP contribution in [0.5, 0.6) is 0 Å². The first-order chi connectivity index (χ1) is 8.66. The Balaban J connectivity index is 2.43. The maximum atomic E-state index is 11.9. The fourth-order valence-corrected chi connectivity index (χ4v) is 2.85. The number of carbonyl (C=O) groups is 2. The molecule has 19 heavy (non-hydrogen) atoms. The van der Waals surface area contributed by atoms with Crippen molar-refractivity contribution in [3.8, 4) is 0 Å². The van der Waals surface area contributed by atoms with E-state index < -0.39 is 0 Å². The van der Waals surface area contributed by atoms with Gasteiger partial charge in [0.15, 0.2) is 0 Å². The fourth-order valence-electron chi connectivity index (χ4n) is 2.85. The molecule has 1 unspecified atom stereocenters. The number of ketones is 1. The van der Waals surface area contributed by atoms with Crippen molar-refractivity contribution in [2.45, 2.75) is 71.5 Å². The van der Waals surface area contributed by atoms with E-state index in [1.165, 1.54) is 0 Å². The zero-order valence-electron chi connectivity index (χ0n) is 12.7. The molecule has 1 aliphatic rings. The number of carbonyl (C=O) groups excluding carboxylic acids is 2. The average Bonchev–Trinajstić information content (AvgIpc) is 2.44. The molecule has 0 saturated carbocycles. The zero-order valence-corrected chi connectivity index (χ0v) is 12.7. The lowest BCUT2D eigenvalue weighted by Crippen LogP contribution is -2.30. The molecule has 1 aliphatic heterocycles. The van der Waals surface area contributed by atoms with Crippen LogP contribution in [0.4, 0.5) is 0 Å². The first-order valence-corrected chi connectivity index (χ1v) is 7.04. The molecule has 0 bridgehead atoms. The molecule has 0 aliphatic carbocycles. The largest absolute Gasteiger partial charge is 0.466 e. The van der Waals surface area contributed by atoms with E-state index in [0.29, 0.717) is 13.0 Å². The molecule has 1 fully saturated rings. The Morgan fingerprint density at radius 3 is 2.32 bits per heavy atom. The summed E-state index contributed by atoms with van der Waals surface area (Å²) in [5.41, 5.74) is -0.446. The predicted molar refractivity (Wildman–Crippen MR) is 72.8 cm³/mol. The van der Waals surface area contributed by atoms with E-state index in [1.54, 1.807) is 6.92 Å². The van der Waals surface area contributed by atoms with Crippen molar-refractivity contribution in [1.82, 2.24) is 0 Å². The van der Waals surface area contributed by atoms with E-state index in [0.717, 1.165) is 6.42 Å². The summed E-state index contributed by atoms with van der Waals surface area (Å²) in [6.45, 7) is 10.3. The van der Waals surface area contributed by atoms with Crippen molar-refractivity contribution in [2.24, 2.45) is 5.92 Å². The van der Waals surface area contributed by atoms with Crippen LogP contribution in [0.15, 0.2) is 0 Å². The standard InChI is InChI=1S/C15H26O4/c1-6-18-13(17)8-7-12(16)9-11-10-14(2,3)19-15(11,4)5/h11H,6-10H2,1-5H3. The number of ether oxygens (including phenoxy) is 2. The van der Waals surface area contributed by atoms with Crippen LogP contribution < -0.4 is 0 Å². The van der Waals surface area contributed by atoms with Crippen LogP contribution >= 0.6 is 0 Å². The number of Topliss-reactive ketones (excluding diaryl/α,β-unsaturated/α-hetero) is 1. The molecule has 1 atom stereocenters. The van der Waals surface area contributed by atoms with Crippen LogP contribution in [0.25, 0.3) is 0 Å². The first-order valence-electron chi connectivity index (χ1n) is 7.04. The van der Waals surface area contributed by atoms with Gasteiger partial charge in [0.05, 0.1) is 24.2 Å². The molecule has 0 N–H and O–H groups in total. The second kappa shape index (κ2) is 6.04. The summed E-state index contributed by atoms with van der Waals surface area (Å²) in [7, 11) is 0. The van der Waals surface area contributed by atoms with Crippen LogP contribution in [0, 0.1) is 5.92 Å². The molecule has 1 heterocycles. The monoisotopic (exact) mass is 270 g/mol. The second-order valence-corrected chi connectivity index (χ2v) is 6.41. The Bertz CT molecular complexity index is 344. The summed E-state index contributed by atoms with van der Waals surface area (Å²) >= 11 is 0. The summed E-state index contributed by atoms with van der Waals surface area (Å²) in [6.07, 6.45) is 1.82. The third kappa shape index (κ3) is 4.94. The van der Waals surface area contributed by atoms with Gasteiger partial charge in [0.1, 0.15) is 5.78 Å². The Morgan fingerprint density at radius 2 is 1.84 bits per heavy atom. The fraction of sp³-hybridized carbons (Fsp3) is 0.867. The van der Waals surface area contributed by atoms with Crippen molar-refractivity contribution < 1.29 is 19.1 Å². The van der Waals surface area contributed by atoms with Crippen molar-refractivity contribution in [1.29, 1.82) is 0 Å². The van der Waals surface area contributed by atoms with Gasteiger partial charge in [-0.1, -0.05) is 0 Å². The molecular formula is C15H26O4. The highest BCUT2D eigenvalue weighted by atomic mass is 16.5. The van der Waals surface area contributed by atoms with Gasteiger partial charge in [-0.2, -0.15) is 0 Å². The summed E-state index contributed by atoms with van der Waals surface area (Å²) in [5.74, 6) is 0.0442. The van der Waals surface area contributed by atoms with Crippen LogP contribution in [-0.4, -0.2) is 29.6 Å². The molecule has 4 heteroatoms. The van der Waals surface area contributed by atoms with Crippen LogP contribution in [0.1, 0.15) is 60.3 Å². The van der Waals surface area contributed by atoms with E-state index in [-0.39, 0.29) is 41.7 Å². The molecule has 0 aromatic carbocycles. The summed E-state index contributed by atoms with van der Waals surface area (Å²) in [6, 6.07) is 0. The van der Waals surface area contributed by atoms with E-state index in [2.05, 4.69) is 13.8 Å². The number of esters is 1. The minimum Gasteiger partial charge on any atom is -0.466 e. The van der Waals surface area contributed by atoms with Gasteiger partial charge in [-0.3, -0.25) is 9.59 Å². The third-order valence-corrected chi connectivity index (χ3v) is 3.65. The molecule has 1 saturated heterocycles. The highest BCUT2D eigenvalue weighted by molar-refractivity contribution is 5.83. The smallest absolute Gasteiger partial charge is 0.306 e. The van der Waals surface area contributed by atoms with Crippen molar-refractivity contribution in [2.75, 3.05) is 6.61 Å². The van der Waals surface area contributed by atoms with E-state index in [9.17, 15) is 9.59 Å². The molecule has 0 radical (unpaired) electrons. The van der Waals surface area contributed by atoms with Gasteiger partial charge >= 0.3 is 5.97 Å². The van der Waals surface area contributed by atoms with Crippen LogP contribution in [0.2, 0.25) is 0 Å². The van der Waals surface area contributed by atoms with E-state index in [4.69, 9.17) is 9.47 Å². The Morgan fingerprint density at radius 1 is 1.21 bits per heavy atom. The SMILES string of the molecule is CCOC(=O)CCC(=O)CC1CC(C)(C)OC1(C)C. The van der Waals surface area contributed by atoms with Gasteiger partial charge in [0.25, 0.3) is 0 Å². The molecular weight excluding hydrogens is 244 g/mol.